The quantitative estimate of drug-likeness (QED) is 0.160. The van der Waals surface area contributed by atoms with Gasteiger partial charge in [0.2, 0.25) is 6.23 Å². The van der Waals surface area contributed by atoms with Crippen molar-refractivity contribution in [2.45, 2.75) is 93.2 Å². The number of hydrogen-bond acceptors (Lipinski definition) is 9. The number of carbonyl (C=O) groups excluding carboxylic acids is 1. The van der Waals surface area contributed by atoms with Gasteiger partial charge in [-0.1, -0.05) is 31.4 Å². The number of aliphatic hydroxyl groups excluding tert-OH is 3. The maximum absolute atomic E-state index is 13.0. The molecule has 1 aromatic carbocycles. The molecule has 1 aliphatic heterocycles. The van der Waals surface area contributed by atoms with Gasteiger partial charge in [0.1, 0.15) is 24.0 Å². The molecule has 230 valence electrons. The molecule has 3 rings (SSSR count). The maximum Gasteiger partial charge on any atom is 0.326 e. The number of carboxylic acid groups (broad SMARTS) is 2. The number of amides is 1. The standard InChI is InChI=1S/C28H42N2O11/c1-30(2,15-18(28(39)13-5-4-6-14-28)16-7-9-17(40-3)10-8-16)26-23(35)21(33)22(34)24(41-26)25(36)29-19(27(37)38)11-12-20(31)32/h7-10,18-19,21-24,26,33-35,39H,4-6,11-15H2,1-3H3,(H2-,29,31,32,36,37,38)/p+1. The number of nitrogens with one attached hydrogen (secondary N) is 1. The summed E-state index contributed by atoms with van der Waals surface area (Å²) < 4.78 is 11.0. The minimum Gasteiger partial charge on any atom is -0.497 e. The Labute approximate surface area is 238 Å². The molecule has 13 heteroatoms. The van der Waals surface area contributed by atoms with Crippen molar-refractivity contribution in [3.63, 3.8) is 0 Å². The van der Waals surface area contributed by atoms with E-state index in [4.69, 9.17) is 14.6 Å². The predicted molar refractivity (Wildman–Crippen MR) is 144 cm³/mol. The Balaban J connectivity index is 1.88. The molecule has 1 heterocycles. The van der Waals surface area contributed by atoms with Crippen molar-refractivity contribution in [3.8, 4) is 5.75 Å². The molecule has 0 spiro atoms. The number of carboxylic acids is 2. The van der Waals surface area contributed by atoms with Crippen LogP contribution in [0.2, 0.25) is 0 Å². The molecule has 1 saturated heterocycles. The number of benzene rings is 1. The summed E-state index contributed by atoms with van der Waals surface area (Å²) in [6.45, 7) is 0.220. The van der Waals surface area contributed by atoms with Crippen LogP contribution >= 0.6 is 0 Å². The summed E-state index contributed by atoms with van der Waals surface area (Å²) in [6.07, 6.45) is -5.40. The third kappa shape index (κ3) is 7.73. The Morgan fingerprint density at radius 1 is 1.02 bits per heavy atom. The van der Waals surface area contributed by atoms with Crippen molar-refractivity contribution in [2.75, 3.05) is 27.7 Å². The van der Waals surface area contributed by atoms with Crippen molar-refractivity contribution in [3.05, 3.63) is 29.8 Å². The first kappa shape index (κ1) is 32.7. The second-order valence-electron chi connectivity index (χ2n) is 11.7. The van der Waals surface area contributed by atoms with Crippen LogP contribution in [0.25, 0.3) is 0 Å². The van der Waals surface area contributed by atoms with Crippen LogP contribution in [0.5, 0.6) is 5.75 Å². The molecule has 1 saturated carbocycles. The van der Waals surface area contributed by atoms with Gasteiger partial charge in [0.05, 0.1) is 39.3 Å². The van der Waals surface area contributed by atoms with Crippen molar-refractivity contribution in [2.24, 2.45) is 0 Å². The summed E-state index contributed by atoms with van der Waals surface area (Å²) in [5.41, 5.74) is -0.222. The minimum absolute atomic E-state index is 0.130. The van der Waals surface area contributed by atoms with Gasteiger partial charge in [0.15, 0.2) is 12.2 Å². The SMILES string of the molecule is COc1ccc(C(C[N+](C)(C)C2OC(C(=O)NC(CCC(=O)O)C(=O)O)C(O)C(O)C2O)C2(O)CCCCC2)cc1. The lowest BCUT2D eigenvalue weighted by Gasteiger charge is -2.50. The number of rotatable bonds is 12. The second kappa shape index (κ2) is 13.4. The number of likely N-dealkylation sites (N-methyl/N-ethyl adjacent to an activating group) is 1. The van der Waals surface area contributed by atoms with Crippen molar-refractivity contribution in [1.82, 2.24) is 5.32 Å². The summed E-state index contributed by atoms with van der Waals surface area (Å²) in [5, 5.41) is 64.6. The first-order chi connectivity index (χ1) is 19.2. The molecule has 7 unspecified atom stereocenters. The number of aliphatic hydroxyl groups is 4. The van der Waals surface area contributed by atoms with E-state index in [1.165, 1.54) is 0 Å². The van der Waals surface area contributed by atoms with Gasteiger partial charge in [0.25, 0.3) is 5.91 Å². The number of hydrogen-bond donors (Lipinski definition) is 7. The van der Waals surface area contributed by atoms with Crippen LogP contribution in [0, 0.1) is 0 Å². The van der Waals surface area contributed by atoms with Gasteiger partial charge < -0.3 is 49.9 Å². The average molecular weight is 584 g/mol. The molecule has 0 bridgehead atoms. The van der Waals surface area contributed by atoms with Gasteiger partial charge in [-0.15, -0.1) is 0 Å². The zero-order chi connectivity index (χ0) is 30.5. The van der Waals surface area contributed by atoms with E-state index < -0.39 is 78.9 Å². The summed E-state index contributed by atoms with van der Waals surface area (Å²) in [7, 11) is 4.98. The Morgan fingerprint density at radius 3 is 2.17 bits per heavy atom. The third-order valence-electron chi connectivity index (χ3n) is 8.34. The summed E-state index contributed by atoms with van der Waals surface area (Å²) in [5.74, 6) is -3.56. The first-order valence-corrected chi connectivity index (χ1v) is 13.8. The fourth-order valence-corrected chi connectivity index (χ4v) is 5.94. The Kier molecular flexibility index (Phi) is 10.7. The van der Waals surface area contributed by atoms with E-state index in [0.29, 0.717) is 18.6 Å². The monoisotopic (exact) mass is 583 g/mol. The molecule has 7 N–H and O–H groups in total. The highest BCUT2D eigenvalue weighted by molar-refractivity contribution is 5.87. The van der Waals surface area contributed by atoms with Crippen molar-refractivity contribution >= 4 is 17.8 Å². The lowest BCUT2D eigenvalue weighted by Crippen LogP contribution is -2.70. The van der Waals surface area contributed by atoms with Gasteiger partial charge in [0, 0.05) is 6.42 Å². The van der Waals surface area contributed by atoms with Gasteiger partial charge in [-0.2, -0.15) is 0 Å². The number of carbonyl (C=O) groups is 3. The van der Waals surface area contributed by atoms with E-state index in [1.807, 2.05) is 12.1 Å². The largest absolute Gasteiger partial charge is 0.497 e. The van der Waals surface area contributed by atoms with E-state index in [1.54, 1.807) is 33.3 Å². The fraction of sp³-hybridized carbons (Fsp3) is 0.679. The van der Waals surface area contributed by atoms with Crippen LogP contribution in [0.4, 0.5) is 0 Å². The summed E-state index contributed by atoms with van der Waals surface area (Å²) >= 11 is 0. The van der Waals surface area contributed by atoms with Crippen LogP contribution in [-0.2, 0) is 19.1 Å². The average Bonchev–Trinajstić information content (AvgIpc) is 2.92. The van der Waals surface area contributed by atoms with Gasteiger partial charge in [-0.3, -0.25) is 9.59 Å². The molecule has 13 nitrogen and oxygen atoms in total. The lowest BCUT2D eigenvalue weighted by molar-refractivity contribution is -0.946. The Hall–Kier alpha value is -2.81. The van der Waals surface area contributed by atoms with E-state index >= 15 is 0 Å². The van der Waals surface area contributed by atoms with Gasteiger partial charge in [-0.25, -0.2) is 4.79 Å². The number of nitrogens with zero attached hydrogens (tertiary/aromatic N) is 1. The van der Waals surface area contributed by atoms with Crippen LogP contribution in [0.1, 0.15) is 56.4 Å². The zero-order valence-corrected chi connectivity index (χ0v) is 23.7. The van der Waals surface area contributed by atoms with Gasteiger partial charge >= 0.3 is 11.9 Å². The molecule has 1 aromatic rings. The maximum atomic E-state index is 13.0. The Morgan fingerprint density at radius 2 is 1.63 bits per heavy atom. The smallest absolute Gasteiger partial charge is 0.326 e. The topological polar surface area (TPSA) is 203 Å². The summed E-state index contributed by atoms with van der Waals surface area (Å²) in [6, 6.07) is 5.76. The molecule has 2 fully saturated rings. The number of aliphatic carboxylic acids is 2. The number of ether oxygens (including phenoxy) is 2. The molecule has 2 aliphatic rings. The van der Waals surface area contributed by atoms with Crippen molar-refractivity contribution < 1.29 is 59.0 Å². The minimum atomic E-state index is -1.88. The van der Waals surface area contributed by atoms with Crippen molar-refractivity contribution in [1.29, 1.82) is 0 Å². The number of methoxy groups -OCH3 is 1. The van der Waals surface area contributed by atoms with Crippen LogP contribution in [-0.4, -0.2) is 123 Å². The molecule has 1 amide bonds. The second-order valence-corrected chi connectivity index (χ2v) is 11.7. The molecular weight excluding hydrogens is 540 g/mol. The first-order valence-electron chi connectivity index (χ1n) is 13.8. The zero-order valence-electron chi connectivity index (χ0n) is 23.7. The van der Waals surface area contributed by atoms with Crippen LogP contribution < -0.4 is 10.1 Å². The van der Waals surface area contributed by atoms with E-state index in [2.05, 4.69) is 5.32 Å². The molecule has 1 aliphatic carbocycles. The molecular formula is C28H43N2O11+. The highest BCUT2D eigenvalue weighted by atomic mass is 16.6. The third-order valence-corrected chi connectivity index (χ3v) is 8.34. The van der Waals surface area contributed by atoms with E-state index in [-0.39, 0.29) is 11.0 Å². The molecule has 7 atom stereocenters. The highest BCUT2D eigenvalue weighted by Crippen LogP contribution is 2.42. The molecule has 0 radical (unpaired) electrons. The van der Waals surface area contributed by atoms with Crippen LogP contribution in [0.15, 0.2) is 24.3 Å². The fourth-order valence-electron chi connectivity index (χ4n) is 5.94. The Bertz CT molecular complexity index is 1060. The van der Waals surface area contributed by atoms with E-state index in [9.17, 15) is 39.9 Å². The lowest BCUT2D eigenvalue weighted by atomic mass is 9.72. The summed E-state index contributed by atoms with van der Waals surface area (Å²) in [4.78, 5) is 35.5. The number of quaternary nitrogens is 1. The molecule has 41 heavy (non-hydrogen) atoms. The van der Waals surface area contributed by atoms with Crippen LogP contribution in [0.3, 0.4) is 0 Å². The van der Waals surface area contributed by atoms with E-state index in [0.717, 1.165) is 24.8 Å². The van der Waals surface area contributed by atoms with Gasteiger partial charge in [-0.05, 0) is 37.0 Å². The predicted octanol–water partition coefficient (Wildman–Crippen LogP) is -0.208. The molecule has 0 aromatic heterocycles. The normalized spacial score (nSPS) is 27.8. The highest BCUT2D eigenvalue weighted by Gasteiger charge is 2.54.